The van der Waals surface area contributed by atoms with Gasteiger partial charge in [0.05, 0.1) is 0 Å². The van der Waals surface area contributed by atoms with Gasteiger partial charge in [-0.15, -0.1) is 0 Å². The van der Waals surface area contributed by atoms with Crippen LogP contribution < -0.4 is 0 Å². The summed E-state index contributed by atoms with van der Waals surface area (Å²) in [5.74, 6) is 5.07. The lowest BCUT2D eigenvalue weighted by Gasteiger charge is -2.61. The van der Waals surface area contributed by atoms with Crippen LogP contribution in [-0.4, -0.2) is 15.0 Å². The summed E-state index contributed by atoms with van der Waals surface area (Å²) in [6, 6.07) is 49.8. The molecule has 4 nitrogen and oxygen atoms in total. The van der Waals surface area contributed by atoms with E-state index in [0.717, 1.165) is 45.3 Å². The van der Waals surface area contributed by atoms with E-state index < -0.39 is 0 Å². The molecule has 0 aliphatic heterocycles. The number of aromatic nitrogens is 3. The first-order valence-corrected chi connectivity index (χ1v) is 19.3. The molecular weight excluding hydrogens is 647 g/mol. The summed E-state index contributed by atoms with van der Waals surface area (Å²) in [5.41, 5.74) is 12.9. The van der Waals surface area contributed by atoms with E-state index in [9.17, 15) is 0 Å². The van der Waals surface area contributed by atoms with Crippen LogP contribution in [0.4, 0.5) is 0 Å². The Hall–Kier alpha value is -5.87. The Kier molecular flexibility index (Phi) is 6.20. The molecule has 5 aliphatic carbocycles. The fourth-order valence-electron chi connectivity index (χ4n) is 11.4. The van der Waals surface area contributed by atoms with Crippen molar-refractivity contribution in [2.24, 2.45) is 23.7 Å². The molecule has 4 fully saturated rings. The van der Waals surface area contributed by atoms with E-state index in [4.69, 9.17) is 19.4 Å². The van der Waals surface area contributed by atoms with Gasteiger partial charge in [0.1, 0.15) is 11.2 Å². The molecule has 13 rings (SSSR count). The minimum atomic E-state index is -0.0244. The number of nitrogens with zero attached hydrogens (tertiary/aromatic N) is 3. The summed E-state index contributed by atoms with van der Waals surface area (Å²) < 4.78 is 6.79. The molecular formula is C49H37N3O. The molecule has 0 N–H and O–H groups in total. The van der Waals surface area contributed by atoms with Gasteiger partial charge >= 0.3 is 0 Å². The van der Waals surface area contributed by atoms with E-state index in [1.807, 2.05) is 6.07 Å². The van der Waals surface area contributed by atoms with Gasteiger partial charge in [0, 0.05) is 38.4 Å². The Labute approximate surface area is 308 Å². The number of benzene rings is 6. The fourth-order valence-corrected chi connectivity index (χ4v) is 11.4. The van der Waals surface area contributed by atoms with Gasteiger partial charge in [0.15, 0.2) is 17.5 Å². The van der Waals surface area contributed by atoms with Crippen molar-refractivity contribution in [1.82, 2.24) is 15.0 Å². The lowest BCUT2D eigenvalue weighted by atomic mass is 9.43. The van der Waals surface area contributed by atoms with Crippen LogP contribution in [0.5, 0.6) is 0 Å². The van der Waals surface area contributed by atoms with Crippen LogP contribution in [0.3, 0.4) is 0 Å². The largest absolute Gasteiger partial charge is 0.455 e. The molecule has 4 bridgehead atoms. The molecule has 2 heterocycles. The number of hydrogen-bond acceptors (Lipinski definition) is 4. The molecule has 2 aromatic heterocycles. The van der Waals surface area contributed by atoms with Gasteiger partial charge in [-0.25, -0.2) is 15.0 Å². The fraction of sp³-hybridized carbons (Fsp3) is 0.204. The molecule has 1 spiro atoms. The second-order valence-electron chi connectivity index (χ2n) is 16.0. The van der Waals surface area contributed by atoms with Gasteiger partial charge in [0.2, 0.25) is 0 Å². The molecule has 0 radical (unpaired) electrons. The zero-order chi connectivity index (χ0) is 34.7. The highest BCUT2D eigenvalue weighted by Gasteiger charge is 2.62. The summed E-state index contributed by atoms with van der Waals surface area (Å²) in [5, 5.41) is 2.40. The average molecular weight is 684 g/mol. The highest BCUT2D eigenvalue weighted by molar-refractivity contribution is 6.12. The first kappa shape index (κ1) is 29.7. The smallest absolute Gasteiger partial charge is 0.164 e. The number of furan rings is 1. The minimum Gasteiger partial charge on any atom is -0.455 e. The minimum absolute atomic E-state index is 0.0244. The van der Waals surface area contributed by atoms with Crippen molar-refractivity contribution < 1.29 is 4.42 Å². The standard InChI is InChI=1S/C49H37N3O/c1-3-10-31(11-4-1)33-14-9-15-34(27-33)47-50-46(32-12-5-2-6-13-32)51-48(52-47)35-18-19-40-42(28-35)49(36-23-29-22-30(25-36)26-37(49)24-29)41-21-20-39-38-16-7-8-17-43(38)53-45(39)44(40)41/h1-21,27-30,36-37H,22-26H2. The molecule has 0 unspecified atom stereocenters. The van der Waals surface area contributed by atoms with Crippen molar-refractivity contribution in [1.29, 1.82) is 0 Å². The predicted octanol–water partition coefficient (Wildman–Crippen LogP) is 12.2. The van der Waals surface area contributed by atoms with Crippen LogP contribution in [-0.2, 0) is 5.41 Å². The number of rotatable bonds is 4. The van der Waals surface area contributed by atoms with Gasteiger partial charge in [0.25, 0.3) is 0 Å². The van der Waals surface area contributed by atoms with Crippen LogP contribution in [0, 0.1) is 23.7 Å². The quantitative estimate of drug-likeness (QED) is 0.185. The second kappa shape index (κ2) is 11.1. The predicted molar refractivity (Wildman–Crippen MR) is 212 cm³/mol. The van der Waals surface area contributed by atoms with Gasteiger partial charge in [-0.05, 0) is 102 Å². The van der Waals surface area contributed by atoms with E-state index >= 15 is 0 Å². The molecule has 0 amide bonds. The average Bonchev–Trinajstić information content (AvgIpc) is 3.74. The molecule has 4 heteroatoms. The first-order valence-electron chi connectivity index (χ1n) is 19.3. The van der Waals surface area contributed by atoms with Gasteiger partial charge < -0.3 is 4.42 Å². The van der Waals surface area contributed by atoms with Crippen molar-refractivity contribution in [2.45, 2.75) is 37.5 Å². The zero-order valence-corrected chi connectivity index (χ0v) is 29.4. The van der Waals surface area contributed by atoms with Gasteiger partial charge in [-0.1, -0.05) is 121 Å². The maximum Gasteiger partial charge on any atom is 0.164 e. The van der Waals surface area contributed by atoms with E-state index in [-0.39, 0.29) is 5.41 Å². The number of hydrogen-bond donors (Lipinski definition) is 0. The topological polar surface area (TPSA) is 51.8 Å². The Morgan fingerprint density at radius 2 is 1.06 bits per heavy atom. The maximum atomic E-state index is 6.79. The summed E-state index contributed by atoms with van der Waals surface area (Å²) >= 11 is 0. The number of fused-ring (bicyclic) bond motifs is 7. The van der Waals surface area contributed by atoms with Crippen molar-refractivity contribution in [2.75, 3.05) is 0 Å². The van der Waals surface area contributed by atoms with Crippen LogP contribution >= 0.6 is 0 Å². The lowest BCUT2D eigenvalue weighted by Crippen LogP contribution is -2.55. The highest BCUT2D eigenvalue weighted by atomic mass is 16.3. The molecule has 5 aliphatic rings. The monoisotopic (exact) mass is 683 g/mol. The number of para-hydroxylation sites is 1. The molecule has 53 heavy (non-hydrogen) atoms. The van der Waals surface area contributed by atoms with Crippen molar-refractivity contribution in [3.63, 3.8) is 0 Å². The van der Waals surface area contributed by atoms with Crippen LogP contribution in [0.25, 0.3) is 78.4 Å². The van der Waals surface area contributed by atoms with Crippen LogP contribution in [0.2, 0.25) is 0 Å². The van der Waals surface area contributed by atoms with E-state index in [2.05, 4.69) is 133 Å². The molecule has 0 saturated heterocycles. The first-order chi connectivity index (χ1) is 26.2. The van der Waals surface area contributed by atoms with Crippen molar-refractivity contribution >= 4 is 21.9 Å². The molecule has 0 atom stereocenters. The van der Waals surface area contributed by atoms with Crippen molar-refractivity contribution in [3.8, 4) is 56.4 Å². The van der Waals surface area contributed by atoms with E-state index in [0.29, 0.717) is 29.3 Å². The summed E-state index contributed by atoms with van der Waals surface area (Å²) in [6.07, 6.45) is 6.70. The third-order valence-corrected chi connectivity index (χ3v) is 13.3. The normalized spacial score (nSPS) is 23.5. The zero-order valence-electron chi connectivity index (χ0n) is 29.4. The Bertz CT molecular complexity index is 2720. The Morgan fingerprint density at radius 1 is 0.453 bits per heavy atom. The van der Waals surface area contributed by atoms with E-state index in [1.165, 1.54) is 70.7 Å². The maximum absolute atomic E-state index is 6.79. The van der Waals surface area contributed by atoms with E-state index in [1.54, 1.807) is 0 Å². The van der Waals surface area contributed by atoms with Gasteiger partial charge in [-0.3, -0.25) is 0 Å². The second-order valence-corrected chi connectivity index (χ2v) is 16.0. The lowest BCUT2D eigenvalue weighted by molar-refractivity contribution is -0.0399. The molecule has 254 valence electrons. The highest BCUT2D eigenvalue weighted by Crippen LogP contribution is 2.70. The molecule has 8 aromatic rings. The third-order valence-electron chi connectivity index (χ3n) is 13.3. The summed E-state index contributed by atoms with van der Waals surface area (Å²) in [7, 11) is 0. The molecule has 6 aromatic carbocycles. The molecule has 4 saturated carbocycles. The third kappa shape index (κ3) is 4.27. The van der Waals surface area contributed by atoms with Crippen molar-refractivity contribution in [3.05, 3.63) is 151 Å². The van der Waals surface area contributed by atoms with Crippen LogP contribution in [0.1, 0.15) is 43.2 Å². The summed E-state index contributed by atoms with van der Waals surface area (Å²) in [6.45, 7) is 0. The summed E-state index contributed by atoms with van der Waals surface area (Å²) in [4.78, 5) is 15.6. The van der Waals surface area contributed by atoms with Crippen LogP contribution in [0.15, 0.2) is 144 Å². The van der Waals surface area contributed by atoms with Gasteiger partial charge in [-0.2, -0.15) is 0 Å². The Balaban J connectivity index is 1.08. The Morgan fingerprint density at radius 3 is 1.79 bits per heavy atom. The SMILES string of the molecule is c1ccc(-c2cccc(-c3nc(-c4ccccc4)nc(-c4ccc5c(c4)C4(c6ccc7c(oc8ccccc87)c6-5)C5CC6CC(C5)CC4C6)n3)c2)cc1.